The van der Waals surface area contributed by atoms with Crippen LogP contribution in [0.3, 0.4) is 0 Å². The molecule has 1 N–H and O–H groups in total. The maximum absolute atomic E-state index is 12.5. The van der Waals surface area contributed by atoms with Crippen LogP contribution in [0.15, 0.2) is 48.5 Å². The van der Waals surface area contributed by atoms with Gasteiger partial charge in [-0.2, -0.15) is 0 Å². The fraction of sp³-hybridized carbons (Fsp3) is 0.263. The molecule has 26 heavy (non-hydrogen) atoms. The highest BCUT2D eigenvalue weighted by atomic mass is 16.6. The standard InChI is InChI=1S/C19H21N3O4/c1-13-7-4-5-8-16(13)12-21(3)19(24)14(2)20-18(23)15-9-6-10-17(11-15)22(25)26/h4-11,14H,12H2,1-3H3,(H,20,23)/t14-/m0/s1. The Hall–Kier alpha value is -3.22. The first kappa shape index (κ1) is 19.1. The van der Waals surface area contributed by atoms with Gasteiger partial charge in [-0.3, -0.25) is 19.7 Å². The molecule has 0 bridgehead atoms. The van der Waals surface area contributed by atoms with E-state index in [-0.39, 0.29) is 17.2 Å². The van der Waals surface area contributed by atoms with Gasteiger partial charge < -0.3 is 10.2 Å². The highest BCUT2D eigenvalue weighted by Crippen LogP contribution is 2.14. The van der Waals surface area contributed by atoms with Gasteiger partial charge in [-0.1, -0.05) is 30.3 Å². The summed E-state index contributed by atoms with van der Waals surface area (Å²) in [4.78, 5) is 36.6. The zero-order valence-electron chi connectivity index (χ0n) is 14.9. The van der Waals surface area contributed by atoms with Crippen LogP contribution in [0.25, 0.3) is 0 Å². The Kier molecular flexibility index (Phi) is 6.06. The Morgan fingerprint density at radius 3 is 2.54 bits per heavy atom. The molecule has 0 saturated heterocycles. The number of likely N-dealkylation sites (N-methyl/N-ethyl adjacent to an activating group) is 1. The number of aryl methyl sites for hydroxylation is 1. The van der Waals surface area contributed by atoms with E-state index >= 15 is 0 Å². The summed E-state index contributed by atoms with van der Waals surface area (Å²) in [6.45, 7) is 4.00. The maximum atomic E-state index is 12.5. The minimum Gasteiger partial charge on any atom is -0.341 e. The number of amides is 2. The Morgan fingerprint density at radius 2 is 1.88 bits per heavy atom. The van der Waals surface area contributed by atoms with E-state index in [0.29, 0.717) is 6.54 Å². The number of hydrogen-bond donors (Lipinski definition) is 1. The van der Waals surface area contributed by atoms with E-state index in [0.717, 1.165) is 11.1 Å². The van der Waals surface area contributed by atoms with E-state index in [4.69, 9.17) is 0 Å². The Morgan fingerprint density at radius 1 is 1.19 bits per heavy atom. The molecule has 1 atom stereocenters. The molecule has 2 aromatic rings. The van der Waals surface area contributed by atoms with Gasteiger partial charge in [-0.25, -0.2) is 0 Å². The van der Waals surface area contributed by atoms with Crippen molar-refractivity contribution in [2.45, 2.75) is 26.4 Å². The number of benzene rings is 2. The predicted molar refractivity (Wildman–Crippen MR) is 97.7 cm³/mol. The van der Waals surface area contributed by atoms with Crippen molar-refractivity contribution in [3.8, 4) is 0 Å². The normalized spacial score (nSPS) is 11.5. The highest BCUT2D eigenvalue weighted by molar-refractivity contribution is 5.97. The van der Waals surface area contributed by atoms with Crippen LogP contribution in [0.4, 0.5) is 5.69 Å². The molecule has 0 aliphatic rings. The van der Waals surface area contributed by atoms with Crippen LogP contribution >= 0.6 is 0 Å². The van der Waals surface area contributed by atoms with Crippen molar-refractivity contribution in [3.63, 3.8) is 0 Å². The fourth-order valence-electron chi connectivity index (χ4n) is 2.55. The second-order valence-corrected chi connectivity index (χ2v) is 6.12. The number of nitro benzene ring substituents is 1. The third kappa shape index (κ3) is 4.66. The van der Waals surface area contributed by atoms with E-state index in [1.807, 2.05) is 31.2 Å². The summed E-state index contributed by atoms with van der Waals surface area (Å²) in [5.41, 5.74) is 2.08. The number of nitrogens with zero attached hydrogens (tertiary/aromatic N) is 2. The molecule has 7 heteroatoms. The third-order valence-corrected chi connectivity index (χ3v) is 4.08. The highest BCUT2D eigenvalue weighted by Gasteiger charge is 2.21. The molecular formula is C19H21N3O4. The third-order valence-electron chi connectivity index (χ3n) is 4.08. The zero-order chi connectivity index (χ0) is 19.3. The van der Waals surface area contributed by atoms with Crippen molar-refractivity contribution in [2.75, 3.05) is 7.05 Å². The molecule has 0 unspecified atom stereocenters. The lowest BCUT2D eigenvalue weighted by atomic mass is 10.1. The molecule has 0 heterocycles. The molecule has 2 aromatic carbocycles. The summed E-state index contributed by atoms with van der Waals surface area (Å²) >= 11 is 0. The van der Waals surface area contributed by atoms with Gasteiger partial charge in [0, 0.05) is 31.3 Å². The van der Waals surface area contributed by atoms with Gasteiger partial charge in [0.25, 0.3) is 11.6 Å². The average molecular weight is 355 g/mol. The topological polar surface area (TPSA) is 92.6 Å². The minimum absolute atomic E-state index is 0.139. The van der Waals surface area contributed by atoms with E-state index in [2.05, 4.69) is 5.32 Å². The molecule has 2 amide bonds. The summed E-state index contributed by atoms with van der Waals surface area (Å²) < 4.78 is 0. The number of nitrogens with one attached hydrogen (secondary N) is 1. The van der Waals surface area contributed by atoms with E-state index in [1.54, 1.807) is 18.9 Å². The van der Waals surface area contributed by atoms with E-state index in [1.165, 1.54) is 24.3 Å². The van der Waals surface area contributed by atoms with Gasteiger partial charge >= 0.3 is 0 Å². The summed E-state index contributed by atoms with van der Waals surface area (Å²) in [5.74, 6) is -0.772. The SMILES string of the molecule is Cc1ccccc1CN(C)C(=O)[C@H](C)NC(=O)c1cccc([N+](=O)[O-])c1. The monoisotopic (exact) mass is 355 g/mol. The maximum Gasteiger partial charge on any atom is 0.270 e. The van der Waals surface area contributed by atoms with Crippen LogP contribution in [0.2, 0.25) is 0 Å². The van der Waals surface area contributed by atoms with Crippen molar-refractivity contribution in [2.24, 2.45) is 0 Å². The second kappa shape index (κ2) is 8.24. The Bertz CT molecular complexity index is 835. The van der Waals surface area contributed by atoms with Gasteiger partial charge in [-0.05, 0) is 31.0 Å². The predicted octanol–water partition coefficient (Wildman–Crippen LogP) is 2.68. The molecular weight excluding hydrogens is 334 g/mol. The smallest absolute Gasteiger partial charge is 0.270 e. The van der Waals surface area contributed by atoms with Crippen LogP contribution in [-0.4, -0.2) is 34.7 Å². The number of rotatable bonds is 6. The molecule has 7 nitrogen and oxygen atoms in total. The Balaban J connectivity index is 2.02. The molecule has 0 aliphatic heterocycles. The zero-order valence-corrected chi connectivity index (χ0v) is 14.9. The molecule has 0 saturated carbocycles. The van der Waals surface area contributed by atoms with E-state index < -0.39 is 16.9 Å². The summed E-state index contributed by atoms with van der Waals surface area (Å²) in [7, 11) is 1.67. The Labute approximate surface area is 151 Å². The number of carbonyl (C=O) groups is 2. The molecule has 0 fully saturated rings. The van der Waals surface area contributed by atoms with Gasteiger partial charge in [0.15, 0.2) is 0 Å². The van der Waals surface area contributed by atoms with Crippen LogP contribution in [0, 0.1) is 17.0 Å². The molecule has 0 radical (unpaired) electrons. The lowest BCUT2D eigenvalue weighted by Gasteiger charge is -2.23. The minimum atomic E-state index is -0.754. The van der Waals surface area contributed by atoms with Crippen molar-refractivity contribution in [1.82, 2.24) is 10.2 Å². The first-order valence-corrected chi connectivity index (χ1v) is 8.14. The average Bonchev–Trinajstić information content (AvgIpc) is 2.62. The van der Waals surface area contributed by atoms with Crippen molar-refractivity contribution in [3.05, 3.63) is 75.3 Å². The number of nitro groups is 1. The molecule has 136 valence electrons. The number of non-ortho nitro benzene ring substituents is 1. The molecule has 0 aromatic heterocycles. The van der Waals surface area contributed by atoms with Gasteiger partial charge in [0.2, 0.25) is 5.91 Å². The first-order valence-electron chi connectivity index (χ1n) is 8.14. The van der Waals surface area contributed by atoms with Crippen LogP contribution in [-0.2, 0) is 11.3 Å². The van der Waals surface area contributed by atoms with Crippen molar-refractivity contribution >= 4 is 17.5 Å². The first-order chi connectivity index (χ1) is 12.3. The molecule has 0 aliphatic carbocycles. The van der Waals surface area contributed by atoms with Crippen LogP contribution < -0.4 is 5.32 Å². The van der Waals surface area contributed by atoms with Crippen LogP contribution in [0.5, 0.6) is 0 Å². The summed E-state index contributed by atoms with van der Waals surface area (Å²) in [6, 6.07) is 12.4. The largest absolute Gasteiger partial charge is 0.341 e. The second-order valence-electron chi connectivity index (χ2n) is 6.12. The van der Waals surface area contributed by atoms with Crippen molar-refractivity contribution in [1.29, 1.82) is 0 Å². The molecule has 2 rings (SSSR count). The molecule has 0 spiro atoms. The lowest BCUT2D eigenvalue weighted by molar-refractivity contribution is -0.384. The van der Waals surface area contributed by atoms with E-state index in [9.17, 15) is 19.7 Å². The summed E-state index contributed by atoms with van der Waals surface area (Å²) in [5, 5.41) is 13.4. The van der Waals surface area contributed by atoms with Crippen LogP contribution in [0.1, 0.15) is 28.4 Å². The lowest BCUT2D eigenvalue weighted by Crippen LogP contribution is -2.45. The van der Waals surface area contributed by atoms with Gasteiger partial charge in [-0.15, -0.1) is 0 Å². The number of hydrogen-bond acceptors (Lipinski definition) is 4. The van der Waals surface area contributed by atoms with Gasteiger partial charge in [0.1, 0.15) is 6.04 Å². The summed E-state index contributed by atoms with van der Waals surface area (Å²) in [6.07, 6.45) is 0. The quantitative estimate of drug-likeness (QED) is 0.637. The number of carbonyl (C=O) groups excluding carboxylic acids is 2. The fourth-order valence-corrected chi connectivity index (χ4v) is 2.55. The van der Waals surface area contributed by atoms with Crippen molar-refractivity contribution < 1.29 is 14.5 Å². The van der Waals surface area contributed by atoms with Gasteiger partial charge in [0.05, 0.1) is 4.92 Å².